The molecule has 27 heavy (non-hydrogen) atoms. The highest BCUT2D eigenvalue weighted by Gasteiger charge is 2.52. The van der Waals surface area contributed by atoms with E-state index < -0.39 is 11.6 Å². The highest BCUT2D eigenvalue weighted by atomic mass is 16.2. The van der Waals surface area contributed by atoms with Crippen molar-refractivity contribution in [1.82, 2.24) is 15.5 Å². The Kier molecular flexibility index (Phi) is 4.93. The molecule has 1 spiro atoms. The zero-order valence-electron chi connectivity index (χ0n) is 16.6. The maximum absolute atomic E-state index is 12.9. The van der Waals surface area contributed by atoms with E-state index in [2.05, 4.69) is 24.5 Å². The van der Waals surface area contributed by atoms with Gasteiger partial charge in [-0.25, -0.2) is 4.79 Å². The van der Waals surface area contributed by atoms with Crippen molar-refractivity contribution in [3.05, 3.63) is 0 Å². The molecular weight excluding hydrogens is 342 g/mol. The van der Waals surface area contributed by atoms with Gasteiger partial charge >= 0.3 is 6.03 Å². The minimum absolute atomic E-state index is 0.113. The Morgan fingerprint density at radius 3 is 2.56 bits per heavy atom. The molecule has 2 bridgehead atoms. The summed E-state index contributed by atoms with van der Waals surface area (Å²) >= 11 is 0. The van der Waals surface area contributed by atoms with Gasteiger partial charge in [-0.2, -0.15) is 0 Å². The van der Waals surface area contributed by atoms with E-state index in [0.717, 1.165) is 36.0 Å². The average Bonchev–Trinajstić information content (AvgIpc) is 3.34. The lowest BCUT2D eigenvalue weighted by Gasteiger charge is -2.34. The zero-order chi connectivity index (χ0) is 19.2. The van der Waals surface area contributed by atoms with Crippen molar-refractivity contribution in [2.75, 3.05) is 6.54 Å². The second-order valence-electron chi connectivity index (χ2n) is 9.45. The summed E-state index contributed by atoms with van der Waals surface area (Å²) in [6, 6.07) is -0.291. The van der Waals surface area contributed by atoms with Crippen LogP contribution in [-0.4, -0.2) is 40.9 Å². The van der Waals surface area contributed by atoms with Crippen molar-refractivity contribution in [2.24, 2.45) is 23.7 Å². The lowest BCUT2D eigenvalue weighted by Crippen LogP contribution is -2.50. The number of urea groups is 1. The molecule has 0 aromatic carbocycles. The summed E-state index contributed by atoms with van der Waals surface area (Å²) in [5, 5.41) is 5.98. The van der Waals surface area contributed by atoms with Gasteiger partial charge in [0, 0.05) is 6.04 Å². The maximum atomic E-state index is 12.9. The molecule has 2 N–H and O–H groups in total. The molecule has 0 aromatic rings. The predicted octanol–water partition coefficient (Wildman–Crippen LogP) is 2.82. The summed E-state index contributed by atoms with van der Waals surface area (Å²) in [6.07, 6.45) is 9.55. The van der Waals surface area contributed by atoms with Crippen molar-refractivity contribution in [1.29, 1.82) is 0 Å². The van der Waals surface area contributed by atoms with Crippen LogP contribution in [0.25, 0.3) is 0 Å². The van der Waals surface area contributed by atoms with Crippen molar-refractivity contribution in [3.63, 3.8) is 0 Å². The van der Waals surface area contributed by atoms with Crippen LogP contribution in [0.5, 0.6) is 0 Å². The van der Waals surface area contributed by atoms with Gasteiger partial charge in [0.25, 0.3) is 5.91 Å². The fourth-order valence-electron chi connectivity index (χ4n) is 6.19. The fraction of sp³-hybridized carbons (Fsp3) is 0.857. The summed E-state index contributed by atoms with van der Waals surface area (Å²) in [7, 11) is 0. The third kappa shape index (κ3) is 3.36. The number of hydrogen-bond donors (Lipinski definition) is 2. The normalized spacial score (nSPS) is 39.1. The highest BCUT2D eigenvalue weighted by molar-refractivity contribution is 6.09. The molecule has 3 saturated carbocycles. The Morgan fingerprint density at radius 1 is 1.22 bits per heavy atom. The van der Waals surface area contributed by atoms with Gasteiger partial charge in [0.2, 0.25) is 5.91 Å². The van der Waals surface area contributed by atoms with E-state index in [1.165, 1.54) is 25.7 Å². The van der Waals surface area contributed by atoms with Crippen LogP contribution in [0.1, 0.15) is 71.6 Å². The second-order valence-corrected chi connectivity index (χ2v) is 9.45. The van der Waals surface area contributed by atoms with E-state index in [0.29, 0.717) is 24.7 Å². The number of fused-ring (bicyclic) bond motifs is 2. The Morgan fingerprint density at radius 2 is 1.96 bits per heavy atom. The molecule has 0 aromatic heterocycles. The van der Waals surface area contributed by atoms with Gasteiger partial charge in [-0.1, -0.05) is 19.8 Å². The monoisotopic (exact) mass is 375 g/mol. The Labute approximate surface area is 161 Å². The molecule has 0 radical (unpaired) electrons. The van der Waals surface area contributed by atoms with Crippen LogP contribution in [0.15, 0.2) is 0 Å². The minimum Gasteiger partial charge on any atom is -0.352 e. The fourth-order valence-corrected chi connectivity index (χ4v) is 6.19. The van der Waals surface area contributed by atoms with Crippen molar-refractivity contribution < 1.29 is 14.4 Å². The molecule has 4 fully saturated rings. The van der Waals surface area contributed by atoms with Gasteiger partial charge in [0.15, 0.2) is 0 Å². The zero-order valence-corrected chi connectivity index (χ0v) is 16.6. The molecule has 1 heterocycles. The standard InChI is InChI=1S/C21H33N3O3/c1-3-14-6-8-21(9-7-14)19(26)24(20(27)23-21)12-18(25)22-13(2)17-11-15-4-5-16(17)10-15/h13-17H,3-12H2,1-2H3,(H,22,25)(H,23,27). The molecule has 6 heteroatoms. The second kappa shape index (κ2) is 7.10. The first-order valence-electron chi connectivity index (χ1n) is 10.9. The molecule has 150 valence electrons. The van der Waals surface area contributed by atoms with E-state index >= 15 is 0 Å². The van der Waals surface area contributed by atoms with E-state index in [1.807, 2.05) is 0 Å². The van der Waals surface area contributed by atoms with Crippen LogP contribution >= 0.6 is 0 Å². The smallest absolute Gasteiger partial charge is 0.325 e. The predicted molar refractivity (Wildman–Crippen MR) is 102 cm³/mol. The average molecular weight is 376 g/mol. The molecule has 1 saturated heterocycles. The summed E-state index contributed by atoms with van der Waals surface area (Å²) < 4.78 is 0. The number of nitrogens with one attached hydrogen (secondary N) is 2. The summed E-state index contributed by atoms with van der Waals surface area (Å²) in [4.78, 5) is 39.0. The molecule has 4 aliphatic rings. The van der Waals surface area contributed by atoms with Crippen LogP contribution in [-0.2, 0) is 9.59 Å². The van der Waals surface area contributed by atoms with E-state index in [1.54, 1.807) is 0 Å². The quantitative estimate of drug-likeness (QED) is 0.725. The molecule has 1 aliphatic heterocycles. The van der Waals surface area contributed by atoms with Crippen LogP contribution < -0.4 is 10.6 Å². The summed E-state index contributed by atoms with van der Waals surface area (Å²) in [5.74, 6) is 2.34. The first-order valence-corrected chi connectivity index (χ1v) is 10.9. The highest BCUT2D eigenvalue weighted by Crippen LogP contribution is 2.49. The lowest BCUT2D eigenvalue weighted by molar-refractivity contribution is -0.136. The minimum atomic E-state index is -0.765. The van der Waals surface area contributed by atoms with Crippen LogP contribution in [0.3, 0.4) is 0 Å². The lowest BCUT2D eigenvalue weighted by atomic mass is 9.75. The molecule has 4 rings (SSSR count). The van der Waals surface area contributed by atoms with Crippen molar-refractivity contribution in [2.45, 2.75) is 83.2 Å². The first kappa shape index (κ1) is 18.8. The Balaban J connectivity index is 1.33. The third-order valence-corrected chi connectivity index (χ3v) is 7.91. The summed E-state index contributed by atoms with van der Waals surface area (Å²) in [5.41, 5.74) is -0.765. The van der Waals surface area contributed by atoms with Gasteiger partial charge in [-0.05, 0) is 75.5 Å². The number of nitrogens with zero attached hydrogens (tertiary/aromatic N) is 1. The maximum Gasteiger partial charge on any atom is 0.325 e. The molecular formula is C21H33N3O3. The molecule has 4 unspecified atom stereocenters. The third-order valence-electron chi connectivity index (χ3n) is 7.91. The van der Waals surface area contributed by atoms with Crippen LogP contribution in [0.4, 0.5) is 4.79 Å². The van der Waals surface area contributed by atoms with Gasteiger partial charge in [-0.15, -0.1) is 0 Å². The number of imide groups is 1. The van der Waals surface area contributed by atoms with Crippen molar-refractivity contribution in [3.8, 4) is 0 Å². The van der Waals surface area contributed by atoms with Crippen LogP contribution in [0.2, 0.25) is 0 Å². The van der Waals surface area contributed by atoms with Crippen molar-refractivity contribution >= 4 is 17.8 Å². The van der Waals surface area contributed by atoms with Crippen LogP contribution in [0, 0.1) is 23.7 Å². The van der Waals surface area contributed by atoms with E-state index in [9.17, 15) is 14.4 Å². The number of rotatable bonds is 5. The molecule has 3 aliphatic carbocycles. The molecule has 4 amide bonds. The van der Waals surface area contributed by atoms with E-state index in [4.69, 9.17) is 0 Å². The first-order chi connectivity index (χ1) is 12.9. The van der Waals surface area contributed by atoms with Gasteiger partial charge in [0.1, 0.15) is 12.1 Å². The van der Waals surface area contributed by atoms with Gasteiger partial charge in [-0.3, -0.25) is 14.5 Å². The number of carbonyl (C=O) groups excluding carboxylic acids is 3. The summed E-state index contributed by atoms with van der Waals surface area (Å²) in [6.45, 7) is 4.09. The largest absolute Gasteiger partial charge is 0.352 e. The molecule has 6 nitrogen and oxygen atoms in total. The van der Waals surface area contributed by atoms with E-state index in [-0.39, 0.29) is 24.4 Å². The topological polar surface area (TPSA) is 78.5 Å². The Bertz CT molecular complexity index is 626. The molecule has 4 atom stereocenters. The Hall–Kier alpha value is -1.59. The van der Waals surface area contributed by atoms with Gasteiger partial charge in [0.05, 0.1) is 0 Å². The number of hydrogen-bond acceptors (Lipinski definition) is 3. The number of amides is 4. The van der Waals surface area contributed by atoms with Gasteiger partial charge < -0.3 is 10.6 Å². The number of carbonyl (C=O) groups is 3. The SMILES string of the molecule is CCC1CCC2(CC1)NC(=O)N(CC(=O)NC(C)C1CC3CCC1C3)C2=O.